The zero-order valence-electron chi connectivity index (χ0n) is 16.5. The molecule has 1 amide bonds. The lowest BCUT2D eigenvalue weighted by molar-refractivity contribution is -0.121. The van der Waals surface area contributed by atoms with Gasteiger partial charge in [-0.25, -0.2) is 4.98 Å². The van der Waals surface area contributed by atoms with Crippen molar-refractivity contribution in [1.29, 1.82) is 0 Å². The lowest BCUT2D eigenvalue weighted by atomic mass is 9.93. The van der Waals surface area contributed by atoms with Gasteiger partial charge in [-0.2, -0.15) is 0 Å². The van der Waals surface area contributed by atoms with Crippen LogP contribution < -0.4 is 15.4 Å². The first kappa shape index (κ1) is 23.5. The Morgan fingerprint density at radius 1 is 1.37 bits per heavy atom. The van der Waals surface area contributed by atoms with Gasteiger partial charge in [-0.05, 0) is 30.7 Å². The summed E-state index contributed by atoms with van der Waals surface area (Å²) in [5.41, 5.74) is 1.09. The van der Waals surface area contributed by atoms with E-state index in [1.807, 2.05) is 18.3 Å². The third-order valence-corrected chi connectivity index (χ3v) is 4.58. The molecule has 7 nitrogen and oxygen atoms in total. The standard InChI is InChI=1S/C19H31N5O2.HI/c1-4-11-26-18-6-5-16(13-22-18)14-23-19(21-3)24-9-7-15(8-10-24)12-17(25)20-2;/h5-6,13,15H,4,7-12,14H2,1-3H3,(H,20,25)(H,21,23);1H. The minimum absolute atomic E-state index is 0. The van der Waals surface area contributed by atoms with Gasteiger partial charge in [0.25, 0.3) is 0 Å². The van der Waals surface area contributed by atoms with Crippen LogP contribution in [0.2, 0.25) is 0 Å². The fourth-order valence-electron chi connectivity index (χ4n) is 3.03. The van der Waals surface area contributed by atoms with Crippen LogP contribution in [0.5, 0.6) is 5.88 Å². The monoisotopic (exact) mass is 489 g/mol. The van der Waals surface area contributed by atoms with Crippen molar-refractivity contribution in [3.63, 3.8) is 0 Å². The maximum Gasteiger partial charge on any atom is 0.220 e. The number of ether oxygens (including phenoxy) is 1. The molecular formula is C19H32IN5O2. The molecule has 1 aliphatic heterocycles. The molecule has 0 atom stereocenters. The number of pyridine rings is 1. The Morgan fingerprint density at radius 3 is 2.67 bits per heavy atom. The molecule has 27 heavy (non-hydrogen) atoms. The second-order valence-electron chi connectivity index (χ2n) is 6.56. The fourth-order valence-corrected chi connectivity index (χ4v) is 3.03. The van der Waals surface area contributed by atoms with E-state index in [-0.39, 0.29) is 29.9 Å². The van der Waals surface area contributed by atoms with Crippen molar-refractivity contribution in [2.75, 3.05) is 33.8 Å². The Kier molecular flexibility index (Phi) is 11.1. The summed E-state index contributed by atoms with van der Waals surface area (Å²) in [6, 6.07) is 3.92. The molecule has 1 aromatic heterocycles. The number of hydrogen-bond donors (Lipinski definition) is 2. The van der Waals surface area contributed by atoms with Crippen molar-refractivity contribution in [3.8, 4) is 5.88 Å². The molecular weight excluding hydrogens is 457 g/mol. The van der Waals surface area contributed by atoms with Gasteiger partial charge in [0.05, 0.1) is 6.61 Å². The van der Waals surface area contributed by atoms with Gasteiger partial charge in [-0.3, -0.25) is 9.79 Å². The van der Waals surface area contributed by atoms with E-state index >= 15 is 0 Å². The van der Waals surface area contributed by atoms with Crippen LogP contribution in [-0.2, 0) is 11.3 Å². The number of likely N-dealkylation sites (tertiary alicyclic amines) is 1. The van der Waals surface area contributed by atoms with E-state index < -0.39 is 0 Å². The molecule has 1 saturated heterocycles. The molecule has 0 bridgehead atoms. The van der Waals surface area contributed by atoms with E-state index in [2.05, 4.69) is 32.4 Å². The number of carbonyl (C=O) groups is 1. The maximum absolute atomic E-state index is 11.5. The highest BCUT2D eigenvalue weighted by Crippen LogP contribution is 2.20. The van der Waals surface area contributed by atoms with Crippen molar-refractivity contribution >= 4 is 35.8 Å². The summed E-state index contributed by atoms with van der Waals surface area (Å²) in [6.45, 7) is 5.27. The van der Waals surface area contributed by atoms with E-state index in [1.54, 1.807) is 14.1 Å². The van der Waals surface area contributed by atoms with E-state index in [0.717, 1.165) is 43.9 Å². The number of guanidine groups is 1. The molecule has 0 aliphatic carbocycles. The molecule has 8 heteroatoms. The van der Waals surface area contributed by atoms with Crippen LogP contribution in [0.4, 0.5) is 0 Å². The van der Waals surface area contributed by atoms with Crippen molar-refractivity contribution < 1.29 is 9.53 Å². The summed E-state index contributed by atoms with van der Waals surface area (Å²) in [7, 11) is 3.50. The van der Waals surface area contributed by atoms with Gasteiger partial charge in [0, 0.05) is 52.4 Å². The number of piperidine rings is 1. The molecule has 152 valence electrons. The van der Waals surface area contributed by atoms with Gasteiger partial charge in [0.2, 0.25) is 11.8 Å². The normalized spacial score (nSPS) is 15.1. The lowest BCUT2D eigenvalue weighted by Crippen LogP contribution is -2.45. The zero-order chi connectivity index (χ0) is 18.8. The van der Waals surface area contributed by atoms with Crippen molar-refractivity contribution in [2.45, 2.75) is 39.2 Å². The number of aliphatic imine (C=N–C) groups is 1. The Bertz CT molecular complexity index is 586. The predicted octanol–water partition coefficient (Wildman–Crippen LogP) is 2.41. The van der Waals surface area contributed by atoms with Crippen molar-refractivity contribution in [3.05, 3.63) is 23.9 Å². The fraction of sp³-hybridized carbons (Fsp3) is 0.632. The van der Waals surface area contributed by atoms with E-state index in [1.165, 1.54) is 0 Å². The number of halogens is 1. The highest BCUT2D eigenvalue weighted by molar-refractivity contribution is 14.0. The topological polar surface area (TPSA) is 78.8 Å². The van der Waals surface area contributed by atoms with Gasteiger partial charge in [0.1, 0.15) is 0 Å². The van der Waals surface area contributed by atoms with Crippen molar-refractivity contribution in [1.82, 2.24) is 20.5 Å². The first-order valence-electron chi connectivity index (χ1n) is 9.40. The Hall–Kier alpha value is -1.58. The average Bonchev–Trinajstić information content (AvgIpc) is 2.68. The molecule has 0 spiro atoms. The highest BCUT2D eigenvalue weighted by Gasteiger charge is 2.22. The van der Waals surface area contributed by atoms with Crippen LogP contribution in [0.1, 0.15) is 38.2 Å². The second kappa shape index (κ2) is 12.7. The number of nitrogens with zero attached hydrogens (tertiary/aromatic N) is 3. The first-order valence-corrected chi connectivity index (χ1v) is 9.40. The molecule has 0 aromatic carbocycles. The Balaban J connectivity index is 0.00000364. The van der Waals surface area contributed by atoms with Crippen LogP contribution in [0.15, 0.2) is 23.3 Å². The van der Waals surface area contributed by atoms with Gasteiger partial charge in [0.15, 0.2) is 5.96 Å². The van der Waals surface area contributed by atoms with Gasteiger partial charge in [-0.15, -0.1) is 24.0 Å². The molecule has 1 aromatic rings. The highest BCUT2D eigenvalue weighted by atomic mass is 127. The largest absolute Gasteiger partial charge is 0.478 e. The summed E-state index contributed by atoms with van der Waals surface area (Å²) < 4.78 is 5.51. The minimum Gasteiger partial charge on any atom is -0.478 e. The molecule has 0 radical (unpaired) electrons. The minimum atomic E-state index is 0. The Labute approximate surface area is 179 Å². The predicted molar refractivity (Wildman–Crippen MR) is 119 cm³/mol. The molecule has 2 heterocycles. The second-order valence-corrected chi connectivity index (χ2v) is 6.56. The first-order chi connectivity index (χ1) is 12.7. The molecule has 1 fully saturated rings. The molecule has 2 N–H and O–H groups in total. The summed E-state index contributed by atoms with van der Waals surface area (Å²) >= 11 is 0. The summed E-state index contributed by atoms with van der Waals surface area (Å²) in [6.07, 6.45) is 5.45. The van der Waals surface area contributed by atoms with E-state index in [9.17, 15) is 4.79 Å². The number of aromatic nitrogens is 1. The summed E-state index contributed by atoms with van der Waals surface area (Å²) in [5.74, 6) is 2.15. The number of amides is 1. The van der Waals surface area contributed by atoms with Crippen LogP contribution >= 0.6 is 24.0 Å². The zero-order valence-corrected chi connectivity index (χ0v) is 18.9. The van der Waals surface area contributed by atoms with Crippen LogP contribution in [0.25, 0.3) is 0 Å². The molecule has 0 saturated carbocycles. The quantitative estimate of drug-likeness (QED) is 0.350. The van der Waals surface area contributed by atoms with Crippen LogP contribution in [0, 0.1) is 5.92 Å². The SMILES string of the molecule is CCCOc1ccc(CNC(=NC)N2CCC(CC(=O)NC)CC2)cn1.I. The lowest BCUT2D eigenvalue weighted by Gasteiger charge is -2.34. The van der Waals surface area contributed by atoms with E-state index in [4.69, 9.17) is 4.74 Å². The van der Waals surface area contributed by atoms with E-state index in [0.29, 0.717) is 31.4 Å². The van der Waals surface area contributed by atoms with Gasteiger partial charge in [-0.1, -0.05) is 13.0 Å². The van der Waals surface area contributed by atoms with Crippen LogP contribution in [-0.4, -0.2) is 55.5 Å². The Morgan fingerprint density at radius 2 is 2.11 bits per heavy atom. The number of rotatable bonds is 7. The smallest absolute Gasteiger partial charge is 0.220 e. The summed E-state index contributed by atoms with van der Waals surface area (Å²) in [5, 5.41) is 6.11. The number of nitrogens with one attached hydrogen (secondary N) is 2. The third-order valence-electron chi connectivity index (χ3n) is 4.58. The third kappa shape index (κ3) is 7.90. The summed E-state index contributed by atoms with van der Waals surface area (Å²) in [4.78, 5) is 22.5. The molecule has 2 rings (SSSR count). The average molecular weight is 489 g/mol. The maximum atomic E-state index is 11.5. The number of hydrogen-bond acceptors (Lipinski definition) is 4. The molecule has 1 aliphatic rings. The molecule has 0 unspecified atom stereocenters. The van der Waals surface area contributed by atoms with Crippen molar-refractivity contribution in [2.24, 2.45) is 10.9 Å². The van der Waals surface area contributed by atoms with Crippen LogP contribution in [0.3, 0.4) is 0 Å². The van der Waals surface area contributed by atoms with Gasteiger partial charge < -0.3 is 20.3 Å². The number of carbonyl (C=O) groups excluding carboxylic acids is 1. The van der Waals surface area contributed by atoms with Gasteiger partial charge >= 0.3 is 0 Å².